The topological polar surface area (TPSA) is 91.4 Å². The zero-order chi connectivity index (χ0) is 22.6. The maximum atomic E-state index is 13.1. The van der Waals surface area contributed by atoms with E-state index in [-0.39, 0.29) is 23.0 Å². The molecule has 0 aliphatic heterocycles. The van der Waals surface area contributed by atoms with Crippen molar-refractivity contribution in [2.45, 2.75) is 82.8 Å². The van der Waals surface area contributed by atoms with Gasteiger partial charge in [0.1, 0.15) is 15.5 Å². The minimum Gasteiger partial charge on any atom is -0.451 e. The Balaban J connectivity index is 1.59. The quantitative estimate of drug-likeness (QED) is 0.598. The number of fused-ring (bicyclic) bond motifs is 1. The van der Waals surface area contributed by atoms with Crippen molar-refractivity contribution in [2.75, 3.05) is 5.75 Å². The van der Waals surface area contributed by atoms with E-state index >= 15 is 0 Å². The molecule has 1 saturated carbocycles. The molecule has 2 aromatic rings. The summed E-state index contributed by atoms with van der Waals surface area (Å²) >= 11 is 0. The van der Waals surface area contributed by atoms with Gasteiger partial charge in [-0.05, 0) is 87.0 Å². The van der Waals surface area contributed by atoms with E-state index in [0.29, 0.717) is 23.2 Å². The molecule has 1 aromatic carbocycles. The molecule has 1 fully saturated rings. The van der Waals surface area contributed by atoms with Gasteiger partial charge in [0.05, 0.1) is 11.4 Å². The Hall–Kier alpha value is -1.92. The fourth-order valence-corrected chi connectivity index (χ4v) is 6.28. The molecule has 0 spiro atoms. The number of rotatable bonds is 8. The summed E-state index contributed by atoms with van der Waals surface area (Å²) in [6.45, 7) is 7.15. The van der Waals surface area contributed by atoms with Crippen molar-refractivity contribution in [1.29, 1.82) is 4.78 Å². The summed E-state index contributed by atoms with van der Waals surface area (Å²) in [6.07, 6.45) is 5.86. The fourth-order valence-electron chi connectivity index (χ4n) is 5.02. The first kappa shape index (κ1) is 22.3. The van der Waals surface area contributed by atoms with Crippen molar-refractivity contribution < 1.29 is 18.5 Å². The number of nitrogens with one attached hydrogen (secondary N) is 1. The highest BCUT2D eigenvalue weighted by atomic mass is 32.2. The Morgan fingerprint density at radius 3 is 2.65 bits per heavy atom. The van der Waals surface area contributed by atoms with E-state index in [2.05, 4.69) is 19.1 Å². The van der Waals surface area contributed by atoms with E-state index in [0.717, 1.165) is 24.8 Å². The second kappa shape index (κ2) is 7.89. The summed E-state index contributed by atoms with van der Waals surface area (Å²) in [5, 5.41) is 10.2. The van der Waals surface area contributed by atoms with E-state index in [1.165, 1.54) is 35.6 Å². The lowest BCUT2D eigenvalue weighted by atomic mass is 9.86. The maximum Gasteiger partial charge on any atom is 0.199 e. The first-order valence-corrected chi connectivity index (χ1v) is 12.9. The lowest BCUT2D eigenvalue weighted by Crippen LogP contribution is -2.19. The minimum absolute atomic E-state index is 0.0275. The van der Waals surface area contributed by atoms with Crippen molar-refractivity contribution in [3.05, 3.63) is 51.8 Å². The smallest absolute Gasteiger partial charge is 0.199 e. The molecule has 0 bridgehead atoms. The molecule has 5 nitrogen and oxygen atoms in total. The maximum absolute atomic E-state index is 13.1. The molecule has 6 heteroatoms. The largest absolute Gasteiger partial charge is 0.451 e. The molecular formula is C25H33NO4S. The predicted octanol–water partition coefficient (Wildman–Crippen LogP) is 5.04. The van der Waals surface area contributed by atoms with Gasteiger partial charge in [0.25, 0.3) is 0 Å². The number of aliphatic hydroxyl groups is 1. The van der Waals surface area contributed by atoms with Crippen molar-refractivity contribution in [1.82, 2.24) is 0 Å². The first-order valence-electron chi connectivity index (χ1n) is 11.2. The van der Waals surface area contributed by atoms with E-state index in [1.54, 1.807) is 20.8 Å². The van der Waals surface area contributed by atoms with Gasteiger partial charge in [0.15, 0.2) is 10.9 Å². The Kier molecular flexibility index (Phi) is 5.67. The van der Waals surface area contributed by atoms with Gasteiger partial charge < -0.3 is 9.52 Å². The minimum atomic E-state index is -3.42. The van der Waals surface area contributed by atoms with Crippen LogP contribution in [0.1, 0.15) is 79.5 Å². The van der Waals surface area contributed by atoms with Crippen LogP contribution < -0.4 is 0 Å². The Morgan fingerprint density at radius 2 is 2.03 bits per heavy atom. The molecule has 2 aliphatic rings. The number of carbonyl (C=O) groups excluding carboxylic acids is 1. The molecule has 31 heavy (non-hydrogen) atoms. The molecule has 2 atom stereocenters. The number of furan rings is 1. The monoisotopic (exact) mass is 443 g/mol. The Bertz CT molecular complexity index is 1120. The van der Waals surface area contributed by atoms with Crippen molar-refractivity contribution in [2.24, 2.45) is 5.92 Å². The van der Waals surface area contributed by atoms with E-state index < -0.39 is 15.3 Å². The van der Waals surface area contributed by atoms with Gasteiger partial charge in [-0.25, -0.2) is 8.99 Å². The third-order valence-electron chi connectivity index (χ3n) is 6.87. The van der Waals surface area contributed by atoms with E-state index in [4.69, 9.17) is 9.20 Å². The summed E-state index contributed by atoms with van der Waals surface area (Å²) in [5.41, 5.74) is 4.33. The number of hydrogen-bond acceptors (Lipinski definition) is 5. The summed E-state index contributed by atoms with van der Waals surface area (Å²) in [6, 6.07) is 5.89. The van der Waals surface area contributed by atoms with Crippen LogP contribution in [0.5, 0.6) is 0 Å². The van der Waals surface area contributed by atoms with Gasteiger partial charge in [-0.3, -0.25) is 4.79 Å². The highest BCUT2D eigenvalue weighted by Gasteiger charge is 2.33. The van der Waals surface area contributed by atoms with Crippen molar-refractivity contribution in [3.63, 3.8) is 0 Å². The Morgan fingerprint density at radius 1 is 1.32 bits per heavy atom. The highest BCUT2D eigenvalue weighted by Crippen LogP contribution is 2.44. The molecular weight excluding hydrogens is 410 g/mol. The van der Waals surface area contributed by atoms with Crippen LogP contribution in [-0.4, -0.2) is 20.9 Å². The van der Waals surface area contributed by atoms with Gasteiger partial charge in [-0.1, -0.05) is 19.1 Å². The number of benzene rings is 1. The highest BCUT2D eigenvalue weighted by molar-refractivity contribution is 7.93. The summed E-state index contributed by atoms with van der Waals surface area (Å²) in [4.78, 5) is 13.1. The van der Waals surface area contributed by atoms with Gasteiger partial charge in [0, 0.05) is 18.1 Å². The summed E-state index contributed by atoms with van der Waals surface area (Å²) in [5.74, 6) is 0.988. The average molecular weight is 444 g/mol. The second-order valence-corrected chi connectivity index (χ2v) is 11.9. The Labute approximate surface area is 185 Å². The molecule has 1 heterocycles. The summed E-state index contributed by atoms with van der Waals surface area (Å²) < 4.78 is 27.1. The standard InChI is InChI=1S/C25H33NO4S/c1-15(17-8-9-17)20-11-10-18-6-5-7-21(18)22(20)12-19(27)14-31(26,29)24-13-23(16(2)30-24)25(3,4)28/h10-11,13,15,17,26,28H,5-9,12,14H2,1-4H3/t15-,31-/m1/s1. The molecule has 0 unspecified atom stereocenters. The zero-order valence-electron chi connectivity index (χ0n) is 18.9. The average Bonchev–Trinajstić information content (AvgIpc) is 3.24. The molecule has 1 aromatic heterocycles. The lowest BCUT2D eigenvalue weighted by Gasteiger charge is -2.19. The first-order chi connectivity index (χ1) is 14.5. The van der Waals surface area contributed by atoms with Crippen LogP contribution in [-0.2, 0) is 39.4 Å². The molecule has 0 radical (unpaired) electrons. The van der Waals surface area contributed by atoms with Crippen LogP contribution >= 0.6 is 0 Å². The van der Waals surface area contributed by atoms with Crippen LogP contribution in [0.15, 0.2) is 27.7 Å². The van der Waals surface area contributed by atoms with E-state index in [9.17, 15) is 14.1 Å². The van der Waals surface area contributed by atoms with Gasteiger partial charge in [-0.2, -0.15) is 0 Å². The van der Waals surface area contributed by atoms with Gasteiger partial charge in [-0.15, -0.1) is 0 Å². The normalized spacial score (nSPS) is 19.1. The van der Waals surface area contributed by atoms with E-state index in [1.807, 2.05) is 0 Å². The van der Waals surface area contributed by atoms with Gasteiger partial charge in [0.2, 0.25) is 0 Å². The zero-order valence-corrected chi connectivity index (χ0v) is 19.7. The molecule has 168 valence electrons. The predicted molar refractivity (Wildman–Crippen MR) is 121 cm³/mol. The van der Waals surface area contributed by atoms with Crippen molar-refractivity contribution in [3.8, 4) is 0 Å². The molecule has 0 saturated heterocycles. The molecule has 2 aliphatic carbocycles. The van der Waals surface area contributed by atoms with Crippen LogP contribution in [0.2, 0.25) is 0 Å². The summed E-state index contributed by atoms with van der Waals surface area (Å²) in [7, 11) is -3.42. The fraction of sp³-hybridized carbons (Fsp3) is 0.560. The van der Waals surface area contributed by atoms with Crippen LogP contribution in [0.3, 0.4) is 0 Å². The lowest BCUT2D eigenvalue weighted by molar-refractivity contribution is -0.116. The SMILES string of the molecule is Cc1oc([S@](=N)(=O)CC(=O)Cc2c([C@H](C)C3CC3)ccc3c2CCC3)cc1C(C)(C)O. The molecule has 4 rings (SSSR count). The molecule has 0 amide bonds. The number of carbonyl (C=O) groups is 1. The number of Topliss-reactive ketones (excluding diaryl/α,β-unsaturated/α-hetero) is 1. The number of hydrogen-bond donors (Lipinski definition) is 2. The third kappa shape index (κ3) is 4.51. The van der Waals surface area contributed by atoms with Gasteiger partial charge >= 0.3 is 0 Å². The number of aryl methyl sites for hydroxylation is 2. The van der Waals surface area contributed by atoms with Crippen LogP contribution in [0.25, 0.3) is 0 Å². The van der Waals surface area contributed by atoms with Crippen molar-refractivity contribution >= 4 is 15.5 Å². The number of ketones is 1. The van der Waals surface area contributed by atoms with Crippen LogP contribution in [0, 0.1) is 17.6 Å². The van der Waals surface area contributed by atoms with Crippen LogP contribution in [0.4, 0.5) is 0 Å². The second-order valence-electron chi connectivity index (χ2n) is 9.88. The molecule has 2 N–H and O–H groups in total. The third-order valence-corrected chi connectivity index (χ3v) is 8.45.